The molecule has 6 heteroatoms. The van der Waals surface area contributed by atoms with Crippen molar-refractivity contribution in [1.82, 2.24) is 4.98 Å². The first-order valence-electron chi connectivity index (χ1n) is 5.91. The van der Waals surface area contributed by atoms with Crippen LogP contribution in [0.4, 0.5) is 11.4 Å². The molecule has 2 rings (SSSR count). The maximum atomic E-state index is 12.3. The van der Waals surface area contributed by atoms with E-state index in [-0.39, 0.29) is 5.91 Å². The van der Waals surface area contributed by atoms with Gasteiger partial charge in [0, 0.05) is 34.7 Å². The largest absolute Gasteiger partial charge is 0.387 e. The number of hydrogen-bond donors (Lipinski definition) is 2. The molecule has 1 aromatic heterocycles. The molecule has 0 aliphatic heterocycles. The molecule has 1 amide bonds. The van der Waals surface area contributed by atoms with E-state index in [1.54, 1.807) is 31.3 Å². The topological polar surface area (TPSA) is 54.0 Å². The lowest BCUT2D eigenvalue weighted by molar-refractivity contribution is 0.102. The van der Waals surface area contributed by atoms with E-state index >= 15 is 0 Å². The number of aromatic nitrogens is 1. The first-order chi connectivity index (χ1) is 9.49. The first-order valence-corrected chi connectivity index (χ1v) is 6.67. The van der Waals surface area contributed by atoms with E-state index < -0.39 is 0 Å². The van der Waals surface area contributed by atoms with Crippen molar-refractivity contribution >= 4 is 40.5 Å². The van der Waals surface area contributed by atoms with Crippen molar-refractivity contribution in [2.75, 3.05) is 17.7 Å². The molecule has 2 N–H and O–H groups in total. The summed E-state index contributed by atoms with van der Waals surface area (Å²) in [5.41, 5.74) is 2.53. The number of nitrogens with one attached hydrogen (secondary N) is 2. The van der Waals surface area contributed by atoms with Crippen molar-refractivity contribution in [3.63, 3.8) is 0 Å². The second-order valence-corrected chi connectivity index (χ2v) is 5.11. The van der Waals surface area contributed by atoms with Gasteiger partial charge in [0.15, 0.2) is 0 Å². The predicted octanol–water partition coefficient (Wildman–Crippen LogP) is 3.99. The summed E-state index contributed by atoms with van der Waals surface area (Å²) >= 11 is 11.8. The van der Waals surface area contributed by atoms with E-state index in [1.807, 2.05) is 6.92 Å². The molecule has 0 saturated heterocycles. The average molecular weight is 310 g/mol. The number of pyridine rings is 1. The van der Waals surface area contributed by atoms with Crippen LogP contribution in [0, 0.1) is 6.92 Å². The molecule has 2 aromatic rings. The minimum atomic E-state index is -0.278. The van der Waals surface area contributed by atoms with Gasteiger partial charge in [-0.25, -0.2) is 0 Å². The third-order valence-corrected chi connectivity index (χ3v) is 3.11. The number of carbonyl (C=O) groups excluding carboxylic acids is 1. The molecule has 4 nitrogen and oxygen atoms in total. The van der Waals surface area contributed by atoms with E-state index in [1.165, 1.54) is 6.20 Å². The molecule has 1 aromatic carbocycles. The highest BCUT2D eigenvalue weighted by Gasteiger charge is 2.12. The van der Waals surface area contributed by atoms with Gasteiger partial charge in [-0.15, -0.1) is 0 Å². The van der Waals surface area contributed by atoms with E-state index in [4.69, 9.17) is 23.2 Å². The predicted molar refractivity (Wildman–Crippen MR) is 82.9 cm³/mol. The van der Waals surface area contributed by atoms with Crippen LogP contribution in [-0.4, -0.2) is 17.9 Å². The Morgan fingerprint density at radius 1 is 1.15 bits per heavy atom. The standard InChI is InChI=1S/C14H13Cl2N3O/c1-8-3-13(17-2)12(7-18-8)14(20)19-11-5-9(15)4-10(16)6-11/h3-7H,1-2H3,(H,17,18)(H,19,20). The van der Waals surface area contributed by atoms with Gasteiger partial charge in [-0.05, 0) is 31.2 Å². The fourth-order valence-corrected chi connectivity index (χ4v) is 2.30. The van der Waals surface area contributed by atoms with Crippen LogP contribution < -0.4 is 10.6 Å². The number of nitrogens with zero attached hydrogens (tertiary/aromatic N) is 1. The van der Waals surface area contributed by atoms with Crippen LogP contribution in [0.1, 0.15) is 16.1 Å². The summed E-state index contributed by atoms with van der Waals surface area (Å²) in [7, 11) is 1.75. The smallest absolute Gasteiger partial charge is 0.259 e. The van der Waals surface area contributed by atoms with Gasteiger partial charge in [-0.2, -0.15) is 0 Å². The molecule has 0 aliphatic rings. The second kappa shape index (κ2) is 6.11. The molecule has 0 unspecified atom stereocenters. The van der Waals surface area contributed by atoms with Crippen LogP contribution in [0.5, 0.6) is 0 Å². The Kier molecular flexibility index (Phi) is 4.47. The molecule has 0 atom stereocenters. The molecular formula is C14H13Cl2N3O. The van der Waals surface area contributed by atoms with E-state index in [2.05, 4.69) is 15.6 Å². The van der Waals surface area contributed by atoms with Crippen molar-refractivity contribution < 1.29 is 4.79 Å². The average Bonchev–Trinajstić information content (AvgIpc) is 2.37. The zero-order chi connectivity index (χ0) is 14.7. The quantitative estimate of drug-likeness (QED) is 0.901. The maximum Gasteiger partial charge on any atom is 0.259 e. The van der Waals surface area contributed by atoms with E-state index in [0.717, 1.165) is 5.69 Å². The van der Waals surface area contributed by atoms with E-state index in [9.17, 15) is 4.79 Å². The molecule has 0 radical (unpaired) electrons. The summed E-state index contributed by atoms with van der Waals surface area (Å²) < 4.78 is 0. The van der Waals surface area contributed by atoms with Gasteiger partial charge in [-0.1, -0.05) is 23.2 Å². The van der Waals surface area contributed by atoms with Crippen molar-refractivity contribution in [3.8, 4) is 0 Å². The zero-order valence-corrected chi connectivity index (χ0v) is 12.5. The van der Waals surface area contributed by atoms with Gasteiger partial charge in [0.1, 0.15) is 0 Å². The Hall–Kier alpha value is -1.78. The number of amides is 1. The summed E-state index contributed by atoms with van der Waals surface area (Å²) in [6, 6.07) is 6.67. The van der Waals surface area contributed by atoms with Gasteiger partial charge in [0.05, 0.1) is 11.3 Å². The number of rotatable bonds is 3. The Bertz CT molecular complexity index is 639. The minimum Gasteiger partial charge on any atom is -0.387 e. The van der Waals surface area contributed by atoms with Gasteiger partial charge < -0.3 is 10.6 Å². The lowest BCUT2D eigenvalue weighted by Crippen LogP contribution is -2.14. The molecule has 1 heterocycles. The van der Waals surface area contributed by atoms with Gasteiger partial charge in [0.2, 0.25) is 0 Å². The van der Waals surface area contributed by atoms with Crippen molar-refractivity contribution in [2.24, 2.45) is 0 Å². The SMILES string of the molecule is CNc1cc(C)ncc1C(=O)Nc1cc(Cl)cc(Cl)c1. The Balaban J connectivity index is 2.28. The zero-order valence-electron chi connectivity index (χ0n) is 11.0. The number of aryl methyl sites for hydroxylation is 1. The Labute approximate surface area is 127 Å². The molecule has 0 bridgehead atoms. The van der Waals surface area contributed by atoms with Crippen molar-refractivity contribution in [1.29, 1.82) is 0 Å². The number of carbonyl (C=O) groups is 1. The monoisotopic (exact) mass is 309 g/mol. The summed E-state index contributed by atoms with van der Waals surface area (Å²) in [5.74, 6) is -0.278. The highest BCUT2D eigenvalue weighted by Crippen LogP contribution is 2.24. The molecule has 0 spiro atoms. The molecule has 0 saturated carbocycles. The molecule has 0 fully saturated rings. The summed E-state index contributed by atoms with van der Waals surface area (Å²) in [6.45, 7) is 1.86. The first kappa shape index (κ1) is 14.6. The summed E-state index contributed by atoms with van der Waals surface area (Å²) in [4.78, 5) is 16.4. The number of halogens is 2. The van der Waals surface area contributed by atoms with Crippen LogP contribution in [0.3, 0.4) is 0 Å². The minimum absolute atomic E-state index is 0.278. The molecule has 0 aliphatic carbocycles. The lowest BCUT2D eigenvalue weighted by atomic mass is 10.2. The van der Waals surface area contributed by atoms with Crippen LogP contribution in [0.15, 0.2) is 30.5 Å². The van der Waals surface area contributed by atoms with Gasteiger partial charge >= 0.3 is 0 Å². The van der Waals surface area contributed by atoms with Gasteiger partial charge in [-0.3, -0.25) is 9.78 Å². The summed E-state index contributed by atoms with van der Waals surface area (Å²) in [5, 5.41) is 6.64. The fraction of sp³-hybridized carbons (Fsp3) is 0.143. The Morgan fingerprint density at radius 2 is 1.80 bits per heavy atom. The highest BCUT2D eigenvalue weighted by molar-refractivity contribution is 6.35. The normalized spacial score (nSPS) is 10.2. The maximum absolute atomic E-state index is 12.3. The van der Waals surface area contributed by atoms with E-state index in [0.29, 0.717) is 27.0 Å². The van der Waals surface area contributed by atoms with Crippen molar-refractivity contribution in [2.45, 2.75) is 6.92 Å². The number of anilines is 2. The van der Waals surface area contributed by atoms with Crippen LogP contribution in [-0.2, 0) is 0 Å². The van der Waals surface area contributed by atoms with Crippen molar-refractivity contribution in [3.05, 3.63) is 51.8 Å². The molecule has 20 heavy (non-hydrogen) atoms. The lowest BCUT2D eigenvalue weighted by Gasteiger charge is -2.10. The van der Waals surface area contributed by atoms with Crippen LogP contribution in [0.2, 0.25) is 10.0 Å². The number of benzene rings is 1. The molecule has 104 valence electrons. The van der Waals surface area contributed by atoms with Crippen LogP contribution >= 0.6 is 23.2 Å². The Morgan fingerprint density at radius 3 is 2.40 bits per heavy atom. The third-order valence-electron chi connectivity index (χ3n) is 2.68. The fourth-order valence-electron chi connectivity index (χ4n) is 1.77. The second-order valence-electron chi connectivity index (χ2n) is 4.23. The summed E-state index contributed by atoms with van der Waals surface area (Å²) in [6.07, 6.45) is 1.53. The third kappa shape index (κ3) is 3.40. The number of hydrogen-bond acceptors (Lipinski definition) is 3. The molecular weight excluding hydrogens is 297 g/mol. The highest BCUT2D eigenvalue weighted by atomic mass is 35.5. The van der Waals surface area contributed by atoms with Crippen LogP contribution in [0.25, 0.3) is 0 Å². The van der Waals surface area contributed by atoms with Gasteiger partial charge in [0.25, 0.3) is 5.91 Å².